The van der Waals surface area contributed by atoms with Crippen LogP contribution in [0.25, 0.3) is 0 Å². The summed E-state index contributed by atoms with van der Waals surface area (Å²) in [4.78, 5) is 0. The summed E-state index contributed by atoms with van der Waals surface area (Å²) in [6.07, 6.45) is 0. The lowest BCUT2D eigenvalue weighted by molar-refractivity contribution is 1.15. The number of halogens is 3. The van der Waals surface area contributed by atoms with Crippen molar-refractivity contribution in [3.05, 3.63) is 61.6 Å². The minimum Gasteiger partial charge on any atom is -0.381 e. The van der Waals surface area contributed by atoms with Gasteiger partial charge in [-0.1, -0.05) is 29.3 Å². The Morgan fingerprint density at radius 3 is 2.12 bits per heavy atom. The van der Waals surface area contributed by atoms with Crippen LogP contribution in [0.15, 0.2) is 42.5 Å². The highest BCUT2D eigenvalue weighted by Gasteiger charge is 2.04. The molecule has 17 heavy (non-hydrogen) atoms. The first-order chi connectivity index (χ1) is 8.16. The number of rotatable bonds is 3. The predicted molar refractivity (Wildman–Crippen MR) is 82.9 cm³/mol. The minimum absolute atomic E-state index is 0.624. The smallest absolute Gasteiger partial charge is 0.0470 e. The van der Waals surface area contributed by atoms with E-state index in [2.05, 4.69) is 40.0 Å². The molecule has 0 aliphatic heterocycles. The summed E-state index contributed by atoms with van der Waals surface area (Å²) < 4.78 is 1.21. The lowest BCUT2D eigenvalue weighted by Gasteiger charge is -2.09. The van der Waals surface area contributed by atoms with Crippen molar-refractivity contribution >= 4 is 51.5 Å². The van der Waals surface area contributed by atoms with Crippen molar-refractivity contribution in [1.29, 1.82) is 0 Å². The summed E-state index contributed by atoms with van der Waals surface area (Å²) in [5, 5.41) is 4.68. The Hall–Kier alpha value is -0.450. The maximum atomic E-state index is 6.10. The molecule has 1 N–H and O–H groups in total. The zero-order valence-electron chi connectivity index (χ0n) is 8.88. The summed E-state index contributed by atoms with van der Waals surface area (Å²) >= 11 is 14.5. The monoisotopic (exact) mass is 377 g/mol. The SMILES string of the molecule is Clc1cccc(Cl)c1CNc1ccc(I)cc1. The molecule has 0 bridgehead atoms. The average molecular weight is 378 g/mol. The Morgan fingerprint density at radius 1 is 0.941 bits per heavy atom. The van der Waals surface area contributed by atoms with Crippen molar-refractivity contribution in [2.75, 3.05) is 5.32 Å². The van der Waals surface area contributed by atoms with E-state index < -0.39 is 0 Å². The van der Waals surface area contributed by atoms with E-state index in [1.807, 2.05) is 30.3 Å². The van der Waals surface area contributed by atoms with Gasteiger partial charge >= 0.3 is 0 Å². The fraction of sp³-hybridized carbons (Fsp3) is 0.0769. The molecule has 0 heterocycles. The van der Waals surface area contributed by atoms with Gasteiger partial charge in [0.25, 0.3) is 0 Å². The highest BCUT2D eigenvalue weighted by atomic mass is 127. The number of benzene rings is 2. The molecule has 2 aromatic carbocycles. The molecular weight excluding hydrogens is 368 g/mol. The van der Waals surface area contributed by atoms with Gasteiger partial charge < -0.3 is 5.32 Å². The molecule has 88 valence electrons. The lowest BCUT2D eigenvalue weighted by Crippen LogP contribution is -2.00. The van der Waals surface area contributed by atoms with Gasteiger partial charge in [-0.25, -0.2) is 0 Å². The van der Waals surface area contributed by atoms with Gasteiger partial charge in [-0.3, -0.25) is 0 Å². The molecule has 0 amide bonds. The quantitative estimate of drug-likeness (QED) is 0.724. The summed E-state index contributed by atoms with van der Waals surface area (Å²) in [5.74, 6) is 0. The molecule has 0 aromatic heterocycles. The second-order valence-corrected chi connectivity index (χ2v) is 5.62. The van der Waals surface area contributed by atoms with Crippen molar-refractivity contribution < 1.29 is 0 Å². The summed E-state index contributed by atoms with van der Waals surface area (Å²) in [6.45, 7) is 0.624. The maximum Gasteiger partial charge on any atom is 0.0470 e. The third-order valence-corrected chi connectivity index (χ3v) is 3.80. The van der Waals surface area contributed by atoms with Crippen LogP contribution in [0.3, 0.4) is 0 Å². The summed E-state index contributed by atoms with van der Waals surface area (Å²) in [5.41, 5.74) is 1.98. The molecule has 0 unspecified atom stereocenters. The molecule has 2 rings (SSSR count). The van der Waals surface area contributed by atoms with Crippen molar-refractivity contribution in [2.45, 2.75) is 6.54 Å². The first kappa shape index (κ1) is 13.0. The fourth-order valence-corrected chi connectivity index (χ4v) is 2.35. The van der Waals surface area contributed by atoms with Crippen LogP contribution in [-0.4, -0.2) is 0 Å². The Bertz CT molecular complexity index is 491. The van der Waals surface area contributed by atoms with Crippen molar-refractivity contribution in [2.24, 2.45) is 0 Å². The number of nitrogens with one attached hydrogen (secondary N) is 1. The third-order valence-electron chi connectivity index (χ3n) is 2.38. The molecule has 0 aliphatic carbocycles. The normalized spacial score (nSPS) is 10.3. The Balaban J connectivity index is 2.10. The van der Waals surface area contributed by atoms with Crippen LogP contribution < -0.4 is 5.32 Å². The van der Waals surface area contributed by atoms with Gasteiger partial charge in [-0.05, 0) is 59.0 Å². The van der Waals surface area contributed by atoms with E-state index in [9.17, 15) is 0 Å². The van der Waals surface area contributed by atoms with Crippen molar-refractivity contribution in [3.8, 4) is 0 Å². The molecule has 0 saturated carbocycles. The second-order valence-electron chi connectivity index (χ2n) is 3.56. The molecule has 1 nitrogen and oxygen atoms in total. The largest absolute Gasteiger partial charge is 0.381 e. The lowest BCUT2D eigenvalue weighted by atomic mass is 10.2. The van der Waals surface area contributed by atoms with E-state index in [0.29, 0.717) is 16.6 Å². The topological polar surface area (TPSA) is 12.0 Å². The van der Waals surface area contributed by atoms with E-state index >= 15 is 0 Å². The minimum atomic E-state index is 0.624. The van der Waals surface area contributed by atoms with Crippen LogP contribution in [0.1, 0.15) is 5.56 Å². The number of hydrogen-bond acceptors (Lipinski definition) is 1. The van der Waals surface area contributed by atoms with Crippen molar-refractivity contribution in [1.82, 2.24) is 0 Å². The Kier molecular flexibility index (Phi) is 4.54. The van der Waals surface area contributed by atoms with Gasteiger partial charge in [0, 0.05) is 31.4 Å². The highest BCUT2D eigenvalue weighted by Crippen LogP contribution is 2.25. The second kappa shape index (κ2) is 5.94. The molecule has 4 heteroatoms. The van der Waals surface area contributed by atoms with E-state index in [0.717, 1.165) is 11.3 Å². The Labute approximate surface area is 124 Å². The Morgan fingerprint density at radius 2 is 1.53 bits per heavy atom. The van der Waals surface area contributed by atoms with Crippen LogP contribution in [0.5, 0.6) is 0 Å². The molecule has 0 atom stereocenters. The fourth-order valence-electron chi connectivity index (χ4n) is 1.46. The zero-order chi connectivity index (χ0) is 12.3. The first-order valence-electron chi connectivity index (χ1n) is 5.09. The van der Waals surface area contributed by atoms with Crippen LogP contribution in [0.4, 0.5) is 5.69 Å². The third kappa shape index (κ3) is 3.50. The van der Waals surface area contributed by atoms with Crippen LogP contribution in [0, 0.1) is 3.57 Å². The van der Waals surface area contributed by atoms with Crippen LogP contribution in [-0.2, 0) is 6.54 Å². The van der Waals surface area contributed by atoms with Crippen molar-refractivity contribution in [3.63, 3.8) is 0 Å². The standard InChI is InChI=1S/C13H10Cl2IN/c14-12-2-1-3-13(15)11(12)8-17-10-6-4-9(16)5-7-10/h1-7,17H,8H2. The molecule has 0 aliphatic rings. The maximum absolute atomic E-state index is 6.10. The van der Waals surface area contributed by atoms with E-state index in [1.165, 1.54) is 3.57 Å². The van der Waals surface area contributed by atoms with E-state index in [4.69, 9.17) is 23.2 Å². The zero-order valence-corrected chi connectivity index (χ0v) is 12.6. The predicted octanol–water partition coefficient (Wildman–Crippen LogP) is 5.21. The summed E-state index contributed by atoms with van der Waals surface area (Å²) in [6, 6.07) is 13.7. The molecule has 0 radical (unpaired) electrons. The molecule has 0 spiro atoms. The highest BCUT2D eigenvalue weighted by molar-refractivity contribution is 14.1. The molecule has 0 saturated heterocycles. The average Bonchev–Trinajstić information content (AvgIpc) is 2.31. The van der Waals surface area contributed by atoms with E-state index in [1.54, 1.807) is 0 Å². The van der Waals surface area contributed by atoms with E-state index in [-0.39, 0.29) is 0 Å². The van der Waals surface area contributed by atoms with Gasteiger partial charge in [0.05, 0.1) is 0 Å². The van der Waals surface area contributed by atoms with Gasteiger partial charge in [-0.2, -0.15) is 0 Å². The van der Waals surface area contributed by atoms with Gasteiger partial charge in [0.2, 0.25) is 0 Å². The molecule has 0 fully saturated rings. The van der Waals surface area contributed by atoms with Crippen LogP contribution >= 0.6 is 45.8 Å². The number of hydrogen-bond donors (Lipinski definition) is 1. The number of anilines is 1. The van der Waals surface area contributed by atoms with Gasteiger partial charge in [0.15, 0.2) is 0 Å². The van der Waals surface area contributed by atoms with Gasteiger partial charge in [-0.15, -0.1) is 0 Å². The summed E-state index contributed by atoms with van der Waals surface area (Å²) in [7, 11) is 0. The molecular formula is C13H10Cl2IN. The van der Waals surface area contributed by atoms with Gasteiger partial charge in [0.1, 0.15) is 0 Å². The van der Waals surface area contributed by atoms with Crippen LogP contribution in [0.2, 0.25) is 10.0 Å². The molecule has 2 aromatic rings. The first-order valence-corrected chi connectivity index (χ1v) is 6.92.